The largest absolute Gasteiger partial charge is 0.462 e. The van der Waals surface area contributed by atoms with Crippen molar-refractivity contribution in [2.24, 2.45) is 0 Å². The molecular weight excluding hydrogens is 224 g/mol. The van der Waals surface area contributed by atoms with Crippen molar-refractivity contribution in [2.75, 3.05) is 0 Å². The Kier molecular flexibility index (Phi) is 4.40. The Morgan fingerprint density at radius 3 is 2.83 bits per heavy atom. The molecule has 0 amide bonds. The molecule has 0 spiro atoms. The van der Waals surface area contributed by atoms with Gasteiger partial charge in [-0.05, 0) is 31.7 Å². The highest BCUT2D eigenvalue weighted by atomic mass is 16.5. The van der Waals surface area contributed by atoms with E-state index in [2.05, 4.69) is 31.2 Å². The summed E-state index contributed by atoms with van der Waals surface area (Å²) in [5.41, 5.74) is 2.60. The Bertz CT molecular complexity index is 411. The van der Waals surface area contributed by atoms with Crippen LogP contribution in [0.15, 0.2) is 24.3 Å². The van der Waals surface area contributed by atoms with Crippen LogP contribution in [0.3, 0.4) is 0 Å². The van der Waals surface area contributed by atoms with Crippen LogP contribution in [0.25, 0.3) is 0 Å². The normalized spacial score (nSPS) is 23.7. The molecule has 0 unspecified atom stereocenters. The van der Waals surface area contributed by atoms with E-state index in [1.54, 1.807) is 0 Å². The molecule has 0 bridgehead atoms. The number of carbonyl (C=O) groups excluding carboxylic acids is 1. The van der Waals surface area contributed by atoms with Gasteiger partial charge in [0.25, 0.3) is 0 Å². The van der Waals surface area contributed by atoms with E-state index >= 15 is 0 Å². The van der Waals surface area contributed by atoms with E-state index in [0.717, 1.165) is 12.8 Å². The Morgan fingerprint density at radius 1 is 1.33 bits per heavy atom. The van der Waals surface area contributed by atoms with Crippen molar-refractivity contribution in [3.05, 3.63) is 35.4 Å². The van der Waals surface area contributed by atoms with Crippen molar-refractivity contribution in [2.45, 2.75) is 58.0 Å². The molecule has 0 heterocycles. The van der Waals surface area contributed by atoms with Crippen LogP contribution in [-0.2, 0) is 9.53 Å². The first kappa shape index (κ1) is 13.1. The molecule has 0 aromatic heterocycles. The van der Waals surface area contributed by atoms with E-state index in [1.165, 1.54) is 24.0 Å². The highest BCUT2D eigenvalue weighted by Gasteiger charge is 2.29. The smallest absolute Gasteiger partial charge is 0.305 e. The number of esters is 1. The number of aryl methyl sites for hydroxylation is 1. The summed E-state index contributed by atoms with van der Waals surface area (Å²) in [5.74, 6) is 0.314. The number of rotatable bonds is 3. The summed E-state index contributed by atoms with van der Waals surface area (Å²) < 4.78 is 5.61. The highest BCUT2D eigenvalue weighted by molar-refractivity contribution is 5.69. The standard InChI is InChI=1S/C16H22O2/c1-3-16(17)18-15-10-5-4-9-14(15)13-8-6-7-12(2)11-13/h6-8,11,14-15H,3-5,9-10H2,1-2H3/t14-,15+/m0/s1. The summed E-state index contributed by atoms with van der Waals surface area (Å²) in [4.78, 5) is 11.5. The van der Waals surface area contributed by atoms with Gasteiger partial charge in [0, 0.05) is 12.3 Å². The highest BCUT2D eigenvalue weighted by Crippen LogP contribution is 2.35. The number of benzene rings is 1. The summed E-state index contributed by atoms with van der Waals surface area (Å²) in [6.45, 7) is 3.96. The van der Waals surface area contributed by atoms with Gasteiger partial charge in [-0.1, -0.05) is 43.2 Å². The Balaban J connectivity index is 2.14. The maximum atomic E-state index is 11.5. The number of carbonyl (C=O) groups is 1. The number of ether oxygens (including phenoxy) is 1. The fourth-order valence-electron chi connectivity index (χ4n) is 2.77. The van der Waals surface area contributed by atoms with Crippen LogP contribution in [0.4, 0.5) is 0 Å². The molecule has 0 N–H and O–H groups in total. The molecule has 2 atom stereocenters. The maximum Gasteiger partial charge on any atom is 0.305 e. The van der Waals surface area contributed by atoms with Crippen LogP contribution in [0.2, 0.25) is 0 Å². The van der Waals surface area contributed by atoms with Gasteiger partial charge in [0.15, 0.2) is 0 Å². The lowest BCUT2D eigenvalue weighted by atomic mass is 9.81. The molecule has 98 valence electrons. The van der Waals surface area contributed by atoms with Crippen LogP contribution in [0.1, 0.15) is 56.1 Å². The van der Waals surface area contributed by atoms with Crippen molar-refractivity contribution >= 4 is 5.97 Å². The third kappa shape index (κ3) is 3.12. The molecular formula is C16H22O2. The first-order valence-electron chi connectivity index (χ1n) is 6.96. The van der Waals surface area contributed by atoms with E-state index in [1.807, 2.05) is 6.92 Å². The molecule has 1 saturated carbocycles. The molecule has 0 aliphatic heterocycles. The van der Waals surface area contributed by atoms with E-state index < -0.39 is 0 Å². The van der Waals surface area contributed by atoms with Gasteiger partial charge in [0.2, 0.25) is 0 Å². The molecule has 1 aromatic rings. The predicted molar refractivity (Wildman–Crippen MR) is 72.6 cm³/mol. The van der Waals surface area contributed by atoms with E-state index in [0.29, 0.717) is 12.3 Å². The topological polar surface area (TPSA) is 26.3 Å². The van der Waals surface area contributed by atoms with Crippen LogP contribution in [0, 0.1) is 6.92 Å². The zero-order valence-corrected chi connectivity index (χ0v) is 11.3. The predicted octanol–water partition coefficient (Wildman–Crippen LogP) is 3.97. The molecule has 0 saturated heterocycles. The second-order valence-corrected chi connectivity index (χ2v) is 5.19. The van der Waals surface area contributed by atoms with Crippen molar-refractivity contribution in [3.8, 4) is 0 Å². The fourth-order valence-corrected chi connectivity index (χ4v) is 2.77. The molecule has 1 aliphatic rings. The van der Waals surface area contributed by atoms with Crippen LogP contribution in [-0.4, -0.2) is 12.1 Å². The molecule has 1 aliphatic carbocycles. The number of hydrogen-bond donors (Lipinski definition) is 0. The fraction of sp³-hybridized carbons (Fsp3) is 0.562. The van der Waals surface area contributed by atoms with E-state index in [4.69, 9.17) is 4.74 Å². The molecule has 2 nitrogen and oxygen atoms in total. The van der Waals surface area contributed by atoms with Crippen LogP contribution < -0.4 is 0 Å². The Labute approximate surface area is 109 Å². The van der Waals surface area contributed by atoms with Crippen molar-refractivity contribution in [1.82, 2.24) is 0 Å². The summed E-state index contributed by atoms with van der Waals surface area (Å²) in [7, 11) is 0. The molecule has 0 radical (unpaired) electrons. The van der Waals surface area contributed by atoms with Crippen LogP contribution >= 0.6 is 0 Å². The lowest BCUT2D eigenvalue weighted by molar-refractivity contribution is -0.151. The van der Waals surface area contributed by atoms with Gasteiger partial charge in [-0.15, -0.1) is 0 Å². The summed E-state index contributed by atoms with van der Waals surface area (Å²) in [6.07, 6.45) is 5.09. The maximum absolute atomic E-state index is 11.5. The third-order valence-electron chi connectivity index (χ3n) is 3.74. The molecule has 2 rings (SSSR count). The quantitative estimate of drug-likeness (QED) is 0.754. The zero-order valence-electron chi connectivity index (χ0n) is 11.3. The van der Waals surface area contributed by atoms with Gasteiger partial charge in [0.1, 0.15) is 6.10 Å². The van der Waals surface area contributed by atoms with Crippen molar-refractivity contribution in [1.29, 1.82) is 0 Å². The zero-order chi connectivity index (χ0) is 13.0. The lowest BCUT2D eigenvalue weighted by Gasteiger charge is -2.31. The van der Waals surface area contributed by atoms with E-state index in [9.17, 15) is 4.79 Å². The first-order valence-corrected chi connectivity index (χ1v) is 6.96. The molecule has 2 heteroatoms. The molecule has 1 aromatic carbocycles. The van der Waals surface area contributed by atoms with E-state index in [-0.39, 0.29) is 12.1 Å². The average Bonchev–Trinajstić information content (AvgIpc) is 2.39. The SMILES string of the molecule is CCC(=O)O[C@@H]1CCCC[C@H]1c1cccc(C)c1. The van der Waals surface area contributed by atoms with Gasteiger partial charge < -0.3 is 4.74 Å². The van der Waals surface area contributed by atoms with Gasteiger partial charge in [-0.3, -0.25) is 4.79 Å². The first-order chi connectivity index (χ1) is 8.70. The van der Waals surface area contributed by atoms with Gasteiger partial charge in [-0.2, -0.15) is 0 Å². The lowest BCUT2D eigenvalue weighted by Crippen LogP contribution is -2.28. The molecule has 18 heavy (non-hydrogen) atoms. The Hall–Kier alpha value is -1.31. The second kappa shape index (κ2) is 6.03. The summed E-state index contributed by atoms with van der Waals surface area (Å²) >= 11 is 0. The van der Waals surface area contributed by atoms with Crippen molar-refractivity contribution < 1.29 is 9.53 Å². The van der Waals surface area contributed by atoms with Gasteiger partial charge in [0.05, 0.1) is 0 Å². The minimum absolute atomic E-state index is 0.0699. The monoisotopic (exact) mass is 246 g/mol. The second-order valence-electron chi connectivity index (χ2n) is 5.19. The summed E-state index contributed by atoms with van der Waals surface area (Å²) in [6, 6.07) is 8.59. The van der Waals surface area contributed by atoms with Gasteiger partial charge in [-0.25, -0.2) is 0 Å². The Morgan fingerprint density at radius 2 is 2.11 bits per heavy atom. The van der Waals surface area contributed by atoms with Crippen molar-refractivity contribution in [3.63, 3.8) is 0 Å². The summed E-state index contributed by atoms with van der Waals surface area (Å²) in [5, 5.41) is 0. The minimum Gasteiger partial charge on any atom is -0.462 e. The van der Waals surface area contributed by atoms with Gasteiger partial charge >= 0.3 is 5.97 Å². The average molecular weight is 246 g/mol. The number of hydrogen-bond acceptors (Lipinski definition) is 2. The minimum atomic E-state index is -0.0699. The molecule has 1 fully saturated rings. The van der Waals surface area contributed by atoms with Crippen LogP contribution in [0.5, 0.6) is 0 Å². The third-order valence-corrected chi connectivity index (χ3v) is 3.74.